The van der Waals surface area contributed by atoms with Crippen LogP contribution in [0.3, 0.4) is 0 Å². The third-order valence-corrected chi connectivity index (χ3v) is 8.32. The van der Waals surface area contributed by atoms with Gasteiger partial charge < -0.3 is 20.5 Å². The Morgan fingerprint density at radius 1 is 0.951 bits per heavy atom. The summed E-state index contributed by atoms with van der Waals surface area (Å²) >= 11 is 0. The zero-order valence-corrected chi connectivity index (χ0v) is 23.9. The van der Waals surface area contributed by atoms with Crippen LogP contribution >= 0.6 is 0 Å². The summed E-state index contributed by atoms with van der Waals surface area (Å²) in [4.78, 5) is 39.9. The number of rotatable bonds is 8. The van der Waals surface area contributed by atoms with Gasteiger partial charge in [-0.2, -0.15) is 0 Å². The number of hydrogen-bond donors (Lipinski definition) is 3. The zero-order chi connectivity index (χ0) is 28.9. The molecule has 0 radical (unpaired) electrons. The number of hydrogen-bond acceptors (Lipinski definition) is 5. The fourth-order valence-electron chi connectivity index (χ4n) is 5.96. The minimum atomic E-state index is -0.604. The number of allylic oxidation sites excluding steroid dienone is 2. The maximum Gasteiger partial charge on any atom is 0.309 e. The molecule has 2 aromatic rings. The van der Waals surface area contributed by atoms with E-state index in [1.165, 1.54) is 0 Å². The second kappa shape index (κ2) is 15.5. The summed E-state index contributed by atoms with van der Waals surface area (Å²) in [6, 6.07) is 19.3. The summed E-state index contributed by atoms with van der Waals surface area (Å²) in [7, 11) is 0. The Bertz CT molecular complexity index is 1140. The van der Waals surface area contributed by atoms with Crippen molar-refractivity contribution in [3.8, 4) is 0 Å². The molecule has 1 aliphatic carbocycles. The summed E-state index contributed by atoms with van der Waals surface area (Å²) in [5, 5.41) is 16.0. The Morgan fingerprint density at radius 3 is 2.32 bits per heavy atom. The van der Waals surface area contributed by atoms with Crippen LogP contribution in [0, 0.1) is 11.8 Å². The first kappa shape index (κ1) is 30.5. The Hall–Kier alpha value is -3.45. The highest BCUT2D eigenvalue weighted by molar-refractivity contribution is 5.86. The maximum absolute atomic E-state index is 13.6. The number of benzene rings is 2. The van der Waals surface area contributed by atoms with Crippen molar-refractivity contribution < 1.29 is 24.2 Å². The molecule has 41 heavy (non-hydrogen) atoms. The van der Waals surface area contributed by atoms with Gasteiger partial charge in [0.15, 0.2) is 0 Å². The molecule has 2 aliphatic rings. The van der Waals surface area contributed by atoms with Gasteiger partial charge in [-0.25, -0.2) is 0 Å². The van der Waals surface area contributed by atoms with Crippen molar-refractivity contribution in [2.75, 3.05) is 13.2 Å². The fraction of sp³-hybridized carbons (Fsp3) is 0.500. The second-order valence-electron chi connectivity index (χ2n) is 11.6. The van der Waals surface area contributed by atoms with Crippen LogP contribution in [0.15, 0.2) is 72.8 Å². The molecule has 0 saturated heterocycles. The smallest absolute Gasteiger partial charge is 0.309 e. The molecule has 4 rings (SSSR count). The van der Waals surface area contributed by atoms with E-state index in [-0.39, 0.29) is 43.3 Å². The minimum Gasteiger partial charge on any atom is -0.463 e. The van der Waals surface area contributed by atoms with Gasteiger partial charge in [0.05, 0.1) is 30.0 Å². The summed E-state index contributed by atoms with van der Waals surface area (Å²) < 4.78 is 5.92. The highest BCUT2D eigenvalue weighted by Crippen LogP contribution is 2.32. The molecular weight excluding hydrogens is 516 g/mol. The lowest BCUT2D eigenvalue weighted by molar-refractivity contribution is -0.152. The highest BCUT2D eigenvalue weighted by Gasteiger charge is 2.39. The third-order valence-electron chi connectivity index (χ3n) is 8.32. The van der Waals surface area contributed by atoms with Gasteiger partial charge in [0.1, 0.15) is 6.61 Å². The number of ether oxygens (including phenoxy) is 1. The largest absolute Gasteiger partial charge is 0.463 e. The molecule has 7 heteroatoms. The van der Waals surface area contributed by atoms with Gasteiger partial charge in [-0.1, -0.05) is 85.7 Å². The van der Waals surface area contributed by atoms with Crippen molar-refractivity contribution in [1.82, 2.24) is 10.6 Å². The van der Waals surface area contributed by atoms with Crippen molar-refractivity contribution in [3.05, 3.63) is 83.9 Å². The molecule has 0 aromatic heterocycles. The van der Waals surface area contributed by atoms with Gasteiger partial charge in [0, 0.05) is 6.42 Å². The molecule has 3 N–H and O–H groups in total. The van der Waals surface area contributed by atoms with Crippen LogP contribution in [-0.2, 0) is 32.0 Å². The van der Waals surface area contributed by atoms with E-state index in [2.05, 4.69) is 10.6 Å². The average Bonchev–Trinajstić information content (AvgIpc) is 3.45. The lowest BCUT2D eigenvalue weighted by atomic mass is 9.92. The number of nitrogens with one attached hydrogen (secondary N) is 2. The number of aliphatic hydroxyl groups is 1. The fourth-order valence-corrected chi connectivity index (χ4v) is 5.96. The van der Waals surface area contributed by atoms with Crippen LogP contribution in [0.4, 0.5) is 0 Å². The molecule has 1 heterocycles. The normalized spacial score (nSPS) is 22.4. The molecule has 1 fully saturated rings. The summed E-state index contributed by atoms with van der Waals surface area (Å²) in [5.74, 6) is -1.44. The number of aliphatic hydroxyl groups excluding tert-OH is 1. The van der Waals surface area contributed by atoms with Crippen molar-refractivity contribution in [2.24, 2.45) is 11.8 Å². The third kappa shape index (κ3) is 9.56. The van der Waals surface area contributed by atoms with Gasteiger partial charge in [0.25, 0.3) is 0 Å². The van der Waals surface area contributed by atoms with Gasteiger partial charge >= 0.3 is 5.97 Å². The molecule has 0 bridgehead atoms. The van der Waals surface area contributed by atoms with Gasteiger partial charge in [-0.15, -0.1) is 0 Å². The summed E-state index contributed by atoms with van der Waals surface area (Å²) in [5.41, 5.74) is 1.53. The predicted molar refractivity (Wildman–Crippen MR) is 159 cm³/mol. The minimum absolute atomic E-state index is 0.0243. The van der Waals surface area contributed by atoms with E-state index in [1.54, 1.807) is 0 Å². The Kier molecular flexibility index (Phi) is 11.6. The first-order valence-corrected chi connectivity index (χ1v) is 15.1. The molecular formula is C34H44N2O5. The van der Waals surface area contributed by atoms with Crippen LogP contribution in [0.25, 0.3) is 0 Å². The Balaban J connectivity index is 1.43. The van der Waals surface area contributed by atoms with Crippen LogP contribution in [0.2, 0.25) is 0 Å². The number of cyclic esters (lactones) is 1. The average molecular weight is 561 g/mol. The summed E-state index contributed by atoms with van der Waals surface area (Å²) in [6.07, 6.45) is 11.4. The maximum atomic E-state index is 13.6. The van der Waals surface area contributed by atoms with E-state index < -0.39 is 17.5 Å². The monoisotopic (exact) mass is 560 g/mol. The topological polar surface area (TPSA) is 105 Å². The number of carbonyl (C=O) groups is 3. The zero-order valence-electron chi connectivity index (χ0n) is 23.9. The number of amides is 2. The first-order chi connectivity index (χ1) is 20.0. The number of carbonyl (C=O) groups excluding carboxylic acids is 3. The van der Waals surface area contributed by atoms with Crippen molar-refractivity contribution >= 4 is 17.8 Å². The molecule has 1 spiro atoms. The van der Waals surface area contributed by atoms with E-state index in [0.29, 0.717) is 19.3 Å². The summed E-state index contributed by atoms with van der Waals surface area (Å²) in [6.45, 7) is -0.0293. The van der Waals surface area contributed by atoms with Crippen molar-refractivity contribution in [2.45, 2.75) is 82.2 Å². The Morgan fingerprint density at radius 2 is 1.63 bits per heavy atom. The van der Waals surface area contributed by atoms with Crippen molar-refractivity contribution in [1.29, 1.82) is 0 Å². The van der Waals surface area contributed by atoms with Crippen molar-refractivity contribution in [3.63, 3.8) is 0 Å². The molecule has 3 atom stereocenters. The van der Waals surface area contributed by atoms with E-state index in [9.17, 15) is 19.5 Å². The van der Waals surface area contributed by atoms with Gasteiger partial charge in [0.2, 0.25) is 11.8 Å². The lowest BCUT2D eigenvalue weighted by Crippen LogP contribution is -2.53. The van der Waals surface area contributed by atoms with Crippen LogP contribution in [0.5, 0.6) is 0 Å². The van der Waals surface area contributed by atoms with E-state index in [1.807, 2.05) is 72.8 Å². The molecule has 220 valence electrons. The van der Waals surface area contributed by atoms with E-state index >= 15 is 0 Å². The Labute approximate surface area is 243 Å². The standard InChI is InChI=1S/C34H44N2O5/c37-24-30(22-27-15-7-4-8-16-27)35-31(38)23-28-17-9-1-2-10-18-29(21-26-13-5-3-6-14-26)33(40)41-25-34(36-32(28)39)19-11-12-20-34/h1,3-9,13-16,28-30,37H,2,10-12,17-25H2,(H,35,38)(H,36,39)/t28-,29-,30-/m1/s1. The number of esters is 1. The van der Waals surface area contributed by atoms with Gasteiger partial charge in [-0.05, 0) is 62.5 Å². The molecule has 2 amide bonds. The van der Waals surface area contributed by atoms with Crippen LogP contribution in [-0.4, -0.2) is 47.7 Å². The quantitative estimate of drug-likeness (QED) is 0.321. The SMILES string of the molecule is O=C(C[C@H]1CC=CCCC[C@H](Cc2ccccc2)C(=O)OCC2(CCCC2)NC1=O)N[C@@H](CO)Cc1ccccc1. The first-order valence-electron chi connectivity index (χ1n) is 15.1. The van der Waals surface area contributed by atoms with Crippen LogP contribution in [0.1, 0.15) is 68.9 Å². The highest BCUT2D eigenvalue weighted by atomic mass is 16.5. The molecule has 1 aliphatic heterocycles. The second-order valence-corrected chi connectivity index (χ2v) is 11.6. The van der Waals surface area contributed by atoms with E-state index in [4.69, 9.17) is 4.74 Å². The van der Waals surface area contributed by atoms with Gasteiger partial charge in [-0.3, -0.25) is 14.4 Å². The molecule has 0 unspecified atom stereocenters. The predicted octanol–water partition coefficient (Wildman–Crippen LogP) is 4.67. The van der Waals surface area contributed by atoms with Crippen LogP contribution < -0.4 is 10.6 Å². The molecule has 2 aromatic carbocycles. The van der Waals surface area contributed by atoms with E-state index in [0.717, 1.165) is 56.1 Å². The molecule has 7 nitrogen and oxygen atoms in total. The lowest BCUT2D eigenvalue weighted by Gasteiger charge is -2.32. The molecule has 1 saturated carbocycles.